The highest BCUT2D eigenvalue weighted by Gasteiger charge is 2.01. The molecular formula is C5H13N3S. The molecule has 0 aromatic heterocycles. The van der Waals surface area contributed by atoms with Crippen LogP contribution in [0.15, 0.2) is 4.99 Å². The van der Waals surface area contributed by atoms with Crippen molar-refractivity contribution in [3.05, 3.63) is 0 Å². The quantitative estimate of drug-likeness (QED) is 0.341. The zero-order valence-corrected chi connectivity index (χ0v) is 6.83. The second kappa shape index (κ2) is 4.64. The van der Waals surface area contributed by atoms with Gasteiger partial charge in [0.15, 0.2) is 0 Å². The topological polar surface area (TPSA) is 50.4 Å². The fourth-order valence-corrected chi connectivity index (χ4v) is 0.905. The lowest BCUT2D eigenvalue weighted by Crippen LogP contribution is -2.34. The summed E-state index contributed by atoms with van der Waals surface area (Å²) in [7, 11) is 1.69. The highest BCUT2D eigenvalue weighted by Crippen LogP contribution is 1.88. The first-order valence-electron chi connectivity index (χ1n) is 2.73. The zero-order chi connectivity index (χ0) is 7.28. The molecule has 54 valence electrons. The van der Waals surface area contributed by atoms with Crippen LogP contribution in [0.25, 0.3) is 0 Å². The lowest BCUT2D eigenvalue weighted by Gasteiger charge is -2.08. The number of amidine groups is 1. The fourth-order valence-electron chi connectivity index (χ4n) is 0.431. The molecular weight excluding hydrogens is 134 g/mol. The number of nitrogens with one attached hydrogen (secondary N) is 1. The van der Waals surface area contributed by atoms with E-state index in [2.05, 4.69) is 9.71 Å². The highest BCUT2D eigenvalue weighted by molar-refractivity contribution is 7.96. The SMILES string of the molecule is CN=C(N)C(C)NSC. The fraction of sp³-hybridized carbons (Fsp3) is 0.800. The first kappa shape index (κ1) is 8.78. The van der Waals surface area contributed by atoms with Crippen LogP contribution in [0.1, 0.15) is 6.92 Å². The molecule has 0 aromatic rings. The number of nitrogens with two attached hydrogens (primary N) is 1. The van der Waals surface area contributed by atoms with E-state index in [1.54, 1.807) is 19.0 Å². The molecule has 0 aliphatic carbocycles. The third kappa shape index (κ3) is 3.37. The van der Waals surface area contributed by atoms with E-state index < -0.39 is 0 Å². The second-order valence-corrected chi connectivity index (χ2v) is 2.34. The Morgan fingerprint density at radius 3 is 2.67 bits per heavy atom. The molecule has 0 aromatic carbocycles. The van der Waals surface area contributed by atoms with E-state index in [9.17, 15) is 0 Å². The van der Waals surface area contributed by atoms with Crippen molar-refractivity contribution in [2.75, 3.05) is 13.3 Å². The van der Waals surface area contributed by atoms with Gasteiger partial charge in [-0.25, -0.2) is 0 Å². The Hall–Kier alpha value is -0.220. The molecule has 0 amide bonds. The van der Waals surface area contributed by atoms with Crippen LogP contribution in [0.3, 0.4) is 0 Å². The predicted octanol–water partition coefficient (Wildman–Crippen LogP) is 0.229. The molecule has 0 saturated heterocycles. The smallest absolute Gasteiger partial charge is 0.111 e. The average molecular weight is 147 g/mol. The van der Waals surface area contributed by atoms with E-state index in [0.29, 0.717) is 5.84 Å². The minimum Gasteiger partial charge on any atom is -0.386 e. The molecule has 0 spiro atoms. The van der Waals surface area contributed by atoms with Crippen LogP contribution in [-0.2, 0) is 0 Å². The molecule has 0 aliphatic rings. The van der Waals surface area contributed by atoms with Crippen molar-refractivity contribution < 1.29 is 0 Å². The van der Waals surface area contributed by atoms with Crippen molar-refractivity contribution >= 4 is 17.8 Å². The largest absolute Gasteiger partial charge is 0.386 e. The normalized spacial score (nSPS) is 15.7. The highest BCUT2D eigenvalue weighted by atomic mass is 32.2. The second-order valence-electron chi connectivity index (χ2n) is 1.69. The lowest BCUT2D eigenvalue weighted by molar-refractivity contribution is 0.884. The van der Waals surface area contributed by atoms with Gasteiger partial charge in [0.25, 0.3) is 0 Å². The van der Waals surface area contributed by atoms with Gasteiger partial charge in [0.2, 0.25) is 0 Å². The molecule has 3 nitrogen and oxygen atoms in total. The maximum Gasteiger partial charge on any atom is 0.111 e. The molecule has 0 aliphatic heterocycles. The summed E-state index contributed by atoms with van der Waals surface area (Å²) in [6.45, 7) is 1.97. The summed E-state index contributed by atoms with van der Waals surface area (Å²) in [4.78, 5) is 3.83. The Bertz CT molecular complexity index is 102. The van der Waals surface area contributed by atoms with Crippen LogP contribution in [-0.4, -0.2) is 25.2 Å². The van der Waals surface area contributed by atoms with E-state index in [-0.39, 0.29) is 6.04 Å². The van der Waals surface area contributed by atoms with E-state index >= 15 is 0 Å². The van der Waals surface area contributed by atoms with Gasteiger partial charge in [-0.3, -0.25) is 9.71 Å². The summed E-state index contributed by atoms with van der Waals surface area (Å²) in [6, 6.07) is 0.171. The lowest BCUT2D eigenvalue weighted by atomic mass is 10.3. The van der Waals surface area contributed by atoms with Crippen LogP contribution >= 0.6 is 11.9 Å². The summed E-state index contributed by atoms with van der Waals surface area (Å²) in [6.07, 6.45) is 1.96. The summed E-state index contributed by atoms with van der Waals surface area (Å²) >= 11 is 1.54. The summed E-state index contributed by atoms with van der Waals surface area (Å²) in [5, 5.41) is 0. The van der Waals surface area contributed by atoms with Gasteiger partial charge in [0.1, 0.15) is 5.84 Å². The molecule has 1 atom stereocenters. The minimum atomic E-state index is 0.171. The van der Waals surface area contributed by atoms with Gasteiger partial charge >= 0.3 is 0 Å². The number of rotatable bonds is 3. The zero-order valence-electron chi connectivity index (χ0n) is 6.01. The van der Waals surface area contributed by atoms with Crippen LogP contribution in [0.2, 0.25) is 0 Å². The van der Waals surface area contributed by atoms with Gasteiger partial charge in [-0.15, -0.1) is 0 Å². The molecule has 1 unspecified atom stereocenters. The number of nitrogens with zero attached hydrogens (tertiary/aromatic N) is 1. The average Bonchev–Trinajstić information content (AvgIpc) is 1.87. The third-order valence-corrected chi connectivity index (χ3v) is 1.59. The monoisotopic (exact) mass is 147 g/mol. The molecule has 0 heterocycles. The summed E-state index contributed by atoms with van der Waals surface area (Å²) in [5.74, 6) is 0.643. The Morgan fingerprint density at radius 1 is 1.78 bits per heavy atom. The number of hydrogen-bond acceptors (Lipinski definition) is 3. The van der Waals surface area contributed by atoms with Crippen LogP contribution in [0.5, 0.6) is 0 Å². The number of aliphatic imine (C=N–C) groups is 1. The third-order valence-electron chi connectivity index (χ3n) is 0.996. The first-order valence-corrected chi connectivity index (χ1v) is 3.95. The van der Waals surface area contributed by atoms with Crippen molar-refractivity contribution in [2.45, 2.75) is 13.0 Å². The van der Waals surface area contributed by atoms with Crippen molar-refractivity contribution in [3.8, 4) is 0 Å². The maximum absolute atomic E-state index is 5.48. The summed E-state index contributed by atoms with van der Waals surface area (Å²) < 4.78 is 3.06. The molecule has 4 heteroatoms. The Kier molecular flexibility index (Phi) is 4.53. The van der Waals surface area contributed by atoms with Crippen molar-refractivity contribution in [3.63, 3.8) is 0 Å². The molecule has 0 saturated carbocycles. The first-order chi connectivity index (χ1) is 4.22. The molecule has 0 radical (unpaired) electrons. The van der Waals surface area contributed by atoms with Crippen molar-refractivity contribution in [1.29, 1.82) is 0 Å². The van der Waals surface area contributed by atoms with Gasteiger partial charge < -0.3 is 5.73 Å². The van der Waals surface area contributed by atoms with Crippen LogP contribution in [0.4, 0.5) is 0 Å². The molecule has 0 fully saturated rings. The van der Waals surface area contributed by atoms with Crippen LogP contribution < -0.4 is 10.5 Å². The van der Waals surface area contributed by atoms with Crippen molar-refractivity contribution in [1.82, 2.24) is 4.72 Å². The molecule has 3 N–H and O–H groups in total. The van der Waals surface area contributed by atoms with Crippen LogP contribution in [0, 0.1) is 0 Å². The van der Waals surface area contributed by atoms with E-state index in [1.165, 1.54) is 0 Å². The Balaban J connectivity index is 3.59. The maximum atomic E-state index is 5.48. The van der Waals surface area contributed by atoms with E-state index in [0.717, 1.165) is 0 Å². The van der Waals surface area contributed by atoms with Gasteiger partial charge in [-0.1, -0.05) is 11.9 Å². The minimum absolute atomic E-state index is 0.171. The van der Waals surface area contributed by atoms with Gasteiger partial charge in [0.05, 0.1) is 6.04 Å². The molecule has 9 heavy (non-hydrogen) atoms. The van der Waals surface area contributed by atoms with E-state index in [4.69, 9.17) is 5.73 Å². The standard InChI is InChI=1S/C5H13N3S/c1-4(8-9-3)5(6)7-2/h4,8H,1-3H3,(H2,6,7). The van der Waals surface area contributed by atoms with E-state index in [1.807, 2.05) is 13.2 Å². The summed E-state index contributed by atoms with van der Waals surface area (Å²) in [5.41, 5.74) is 5.48. The van der Waals surface area contributed by atoms with Gasteiger partial charge in [-0.05, 0) is 13.2 Å². The van der Waals surface area contributed by atoms with Crippen molar-refractivity contribution in [2.24, 2.45) is 10.7 Å². The Labute approximate surface area is 60.2 Å². The van der Waals surface area contributed by atoms with Gasteiger partial charge in [-0.2, -0.15) is 0 Å². The molecule has 0 bridgehead atoms. The van der Waals surface area contributed by atoms with Gasteiger partial charge in [0, 0.05) is 7.05 Å². The predicted molar refractivity (Wildman–Crippen MR) is 43.7 cm³/mol. The molecule has 0 rings (SSSR count). The number of hydrogen-bond donors (Lipinski definition) is 2. The Morgan fingerprint density at radius 2 is 2.33 bits per heavy atom.